The van der Waals surface area contributed by atoms with E-state index in [0.29, 0.717) is 6.61 Å². The first-order valence-electron chi connectivity index (χ1n) is 8.27. The van der Waals surface area contributed by atoms with Crippen LogP contribution in [0.5, 0.6) is 5.75 Å². The van der Waals surface area contributed by atoms with Crippen LogP contribution in [-0.4, -0.2) is 40.8 Å². The Bertz CT molecular complexity index is 943. The molecule has 5 nitrogen and oxygen atoms in total. The van der Waals surface area contributed by atoms with Crippen LogP contribution in [0.3, 0.4) is 0 Å². The number of rotatable bonds is 4. The van der Waals surface area contributed by atoms with Crippen LogP contribution in [0.4, 0.5) is 0 Å². The quantitative estimate of drug-likeness (QED) is 0.225. The third-order valence-corrected chi connectivity index (χ3v) is 6.35. The van der Waals surface area contributed by atoms with E-state index in [9.17, 15) is 9.59 Å². The number of benzene rings is 2. The number of ether oxygens (including phenoxy) is 1. The molecule has 1 aliphatic heterocycles. The largest absolute Gasteiger partial charge is 0.487 e. The molecule has 0 saturated carbocycles. The lowest BCUT2D eigenvalue weighted by Gasteiger charge is -2.31. The van der Waals surface area contributed by atoms with Crippen molar-refractivity contribution in [1.82, 2.24) is 9.80 Å². The molecule has 1 fully saturated rings. The molecule has 0 spiro atoms. The number of halogens is 2. The molecule has 2 amide bonds. The average molecular weight is 618 g/mol. The van der Waals surface area contributed by atoms with Gasteiger partial charge in [0.1, 0.15) is 17.9 Å². The zero-order valence-electron chi connectivity index (χ0n) is 15.1. The smallest absolute Gasteiger partial charge is 0.265 e. The van der Waals surface area contributed by atoms with Gasteiger partial charge in [-0.15, -0.1) is 0 Å². The maximum atomic E-state index is 12.5. The van der Waals surface area contributed by atoms with Crippen molar-refractivity contribution in [3.63, 3.8) is 0 Å². The lowest BCUT2D eigenvalue weighted by atomic mass is 10.1. The van der Waals surface area contributed by atoms with Crippen molar-refractivity contribution >= 4 is 80.4 Å². The van der Waals surface area contributed by atoms with Crippen LogP contribution in [0.2, 0.25) is 0 Å². The summed E-state index contributed by atoms with van der Waals surface area (Å²) in [6.07, 6.45) is 1.60. The van der Waals surface area contributed by atoms with E-state index in [-0.39, 0.29) is 10.7 Å². The molecule has 1 aliphatic rings. The lowest BCUT2D eigenvalue weighted by molar-refractivity contribution is -0.132. The van der Waals surface area contributed by atoms with E-state index >= 15 is 0 Å². The molecule has 144 valence electrons. The van der Waals surface area contributed by atoms with E-state index in [1.54, 1.807) is 20.2 Å². The Morgan fingerprint density at radius 3 is 2.07 bits per heavy atom. The van der Waals surface area contributed by atoms with E-state index in [2.05, 4.69) is 45.2 Å². The van der Waals surface area contributed by atoms with Crippen LogP contribution >= 0.6 is 57.4 Å². The topological polar surface area (TPSA) is 49.9 Å². The molecule has 28 heavy (non-hydrogen) atoms. The highest BCUT2D eigenvalue weighted by Gasteiger charge is 2.35. The zero-order chi connectivity index (χ0) is 20.4. The minimum absolute atomic E-state index is 0.0863. The summed E-state index contributed by atoms with van der Waals surface area (Å²) in [7, 11) is 3.13. The highest BCUT2D eigenvalue weighted by atomic mass is 127. The van der Waals surface area contributed by atoms with Crippen molar-refractivity contribution in [1.29, 1.82) is 0 Å². The molecule has 8 heteroatoms. The van der Waals surface area contributed by atoms with Crippen molar-refractivity contribution in [3.8, 4) is 5.75 Å². The fourth-order valence-electron chi connectivity index (χ4n) is 2.67. The average Bonchev–Trinajstić information content (AvgIpc) is 2.68. The summed E-state index contributed by atoms with van der Waals surface area (Å²) in [6, 6.07) is 13.7. The molecule has 0 N–H and O–H groups in total. The van der Waals surface area contributed by atoms with Gasteiger partial charge in [0.2, 0.25) is 0 Å². The normalized spacial score (nSPS) is 14.6. The molecule has 0 atom stereocenters. The Balaban J connectivity index is 1.88. The van der Waals surface area contributed by atoms with Crippen LogP contribution < -0.4 is 4.74 Å². The second kappa shape index (κ2) is 8.87. The summed E-state index contributed by atoms with van der Waals surface area (Å²) >= 11 is 9.51. The molecule has 1 heterocycles. The summed E-state index contributed by atoms with van der Waals surface area (Å²) in [6.45, 7) is 0.470. The van der Waals surface area contributed by atoms with E-state index in [0.717, 1.165) is 24.0 Å². The first kappa shape index (κ1) is 21.2. The Hall–Kier alpha value is -1.53. The third-order valence-electron chi connectivity index (χ3n) is 4.20. The Kier molecular flexibility index (Phi) is 6.71. The van der Waals surface area contributed by atoms with Gasteiger partial charge >= 0.3 is 0 Å². The molecule has 2 aromatic rings. The van der Waals surface area contributed by atoms with E-state index in [1.807, 2.05) is 42.5 Å². The van der Waals surface area contributed by atoms with E-state index in [1.165, 1.54) is 9.80 Å². The number of nitrogens with zero attached hydrogens (tertiary/aromatic N) is 2. The number of hydrogen-bond acceptors (Lipinski definition) is 4. The van der Waals surface area contributed by atoms with Crippen molar-refractivity contribution in [2.24, 2.45) is 0 Å². The fourth-order valence-corrected chi connectivity index (χ4v) is 4.97. The van der Waals surface area contributed by atoms with Crippen LogP contribution in [-0.2, 0) is 16.2 Å². The SMILES string of the molecule is CN1C(=O)C(=Cc2cc(I)c(OCc3ccccc3)c(I)c2)C(=O)N(C)C1=S. The zero-order valence-corrected chi connectivity index (χ0v) is 20.2. The maximum absolute atomic E-state index is 12.5. The first-order valence-corrected chi connectivity index (χ1v) is 10.8. The summed E-state index contributed by atoms with van der Waals surface area (Å²) < 4.78 is 7.79. The van der Waals surface area contributed by atoms with Gasteiger partial charge in [-0.3, -0.25) is 19.4 Å². The second-order valence-electron chi connectivity index (χ2n) is 6.16. The van der Waals surface area contributed by atoms with Crippen molar-refractivity contribution in [3.05, 3.63) is 66.3 Å². The minimum atomic E-state index is -0.400. The molecular weight excluding hydrogens is 602 g/mol. The number of likely N-dealkylation sites (N-methyl/N-ethyl adjacent to an activating group) is 2. The van der Waals surface area contributed by atoms with Gasteiger partial charge in [0, 0.05) is 14.1 Å². The molecule has 0 radical (unpaired) electrons. The van der Waals surface area contributed by atoms with E-state index in [4.69, 9.17) is 17.0 Å². The molecular formula is C20H16I2N2O3S. The standard InChI is InChI=1S/C20H16I2N2O3S/c1-23-18(25)14(19(26)24(2)20(23)28)8-13-9-15(21)17(16(22)10-13)27-11-12-6-4-3-5-7-12/h3-10H,11H2,1-2H3. The lowest BCUT2D eigenvalue weighted by Crippen LogP contribution is -2.52. The van der Waals surface area contributed by atoms with Gasteiger partial charge in [0.25, 0.3) is 11.8 Å². The van der Waals surface area contributed by atoms with E-state index < -0.39 is 11.8 Å². The Morgan fingerprint density at radius 2 is 1.54 bits per heavy atom. The van der Waals surface area contributed by atoms with Crippen LogP contribution in [0.1, 0.15) is 11.1 Å². The molecule has 1 saturated heterocycles. The highest BCUT2D eigenvalue weighted by Crippen LogP contribution is 2.31. The summed E-state index contributed by atoms with van der Waals surface area (Å²) in [4.78, 5) is 27.6. The third kappa shape index (κ3) is 4.38. The molecule has 3 rings (SSSR count). The Morgan fingerprint density at radius 1 is 1.00 bits per heavy atom. The summed E-state index contributed by atoms with van der Waals surface area (Å²) in [5.74, 6) is -0.0195. The molecule has 2 aromatic carbocycles. The number of thiocarbonyl (C=S) groups is 1. The van der Waals surface area contributed by atoms with Gasteiger partial charge in [-0.05, 0) is 86.7 Å². The highest BCUT2D eigenvalue weighted by molar-refractivity contribution is 14.1. The monoisotopic (exact) mass is 618 g/mol. The maximum Gasteiger partial charge on any atom is 0.265 e. The predicted octanol–water partition coefficient (Wildman–Crippen LogP) is 4.07. The van der Waals surface area contributed by atoms with Crippen molar-refractivity contribution in [2.75, 3.05) is 14.1 Å². The number of amides is 2. The van der Waals surface area contributed by atoms with Gasteiger partial charge in [-0.1, -0.05) is 30.3 Å². The van der Waals surface area contributed by atoms with Gasteiger partial charge in [0.15, 0.2) is 5.11 Å². The van der Waals surface area contributed by atoms with Gasteiger partial charge in [-0.2, -0.15) is 0 Å². The summed E-state index contributed by atoms with van der Waals surface area (Å²) in [5.41, 5.74) is 1.93. The van der Waals surface area contributed by atoms with Crippen LogP contribution in [0.15, 0.2) is 48.0 Å². The number of carbonyl (C=O) groups is 2. The number of hydrogen-bond donors (Lipinski definition) is 0. The van der Waals surface area contributed by atoms with Crippen LogP contribution in [0.25, 0.3) is 6.08 Å². The summed E-state index contributed by atoms with van der Waals surface area (Å²) in [5, 5.41) is 0.195. The predicted molar refractivity (Wildman–Crippen MR) is 129 cm³/mol. The van der Waals surface area contributed by atoms with Gasteiger partial charge < -0.3 is 4.74 Å². The first-order chi connectivity index (χ1) is 13.3. The molecule has 0 aromatic heterocycles. The van der Waals surface area contributed by atoms with Crippen molar-refractivity contribution in [2.45, 2.75) is 6.61 Å². The molecule has 0 aliphatic carbocycles. The van der Waals surface area contributed by atoms with Crippen molar-refractivity contribution < 1.29 is 14.3 Å². The van der Waals surface area contributed by atoms with Gasteiger partial charge in [-0.25, -0.2) is 0 Å². The molecule has 0 unspecified atom stereocenters. The molecule has 0 bridgehead atoms. The van der Waals surface area contributed by atoms with Crippen LogP contribution in [0, 0.1) is 7.14 Å². The fraction of sp³-hybridized carbons (Fsp3) is 0.150. The second-order valence-corrected chi connectivity index (χ2v) is 8.85. The number of carbonyl (C=O) groups excluding carboxylic acids is 2. The minimum Gasteiger partial charge on any atom is -0.487 e. The van der Waals surface area contributed by atoms with Gasteiger partial charge in [0.05, 0.1) is 7.14 Å². The Labute approximate surface area is 196 Å².